The SMILES string of the molecule is CC(C)C[C@H](C(=O)Nc1ccc(C#N)cc1)N1C(=O)c2ccccc2C1=O. The van der Waals surface area contributed by atoms with Gasteiger partial charge in [-0.2, -0.15) is 5.26 Å². The summed E-state index contributed by atoms with van der Waals surface area (Å²) in [6.07, 6.45) is 0.355. The molecule has 27 heavy (non-hydrogen) atoms. The van der Waals surface area contributed by atoms with Crippen molar-refractivity contribution in [3.05, 3.63) is 65.2 Å². The largest absolute Gasteiger partial charge is 0.324 e. The Kier molecular flexibility index (Phi) is 5.04. The molecule has 3 amide bonds. The van der Waals surface area contributed by atoms with Gasteiger partial charge in [0.05, 0.1) is 22.8 Å². The van der Waals surface area contributed by atoms with E-state index in [0.717, 1.165) is 4.90 Å². The summed E-state index contributed by atoms with van der Waals surface area (Å²) in [4.78, 5) is 39.5. The van der Waals surface area contributed by atoms with E-state index in [9.17, 15) is 14.4 Å². The number of hydrogen-bond acceptors (Lipinski definition) is 4. The number of hydrogen-bond donors (Lipinski definition) is 1. The van der Waals surface area contributed by atoms with Gasteiger partial charge in [0.25, 0.3) is 11.8 Å². The fraction of sp³-hybridized carbons (Fsp3) is 0.238. The molecule has 2 aromatic rings. The quantitative estimate of drug-likeness (QED) is 0.828. The Morgan fingerprint density at radius 2 is 1.59 bits per heavy atom. The van der Waals surface area contributed by atoms with Gasteiger partial charge < -0.3 is 5.32 Å². The molecular weight excluding hydrogens is 342 g/mol. The van der Waals surface area contributed by atoms with Crippen LogP contribution in [0.3, 0.4) is 0 Å². The van der Waals surface area contributed by atoms with Crippen LogP contribution >= 0.6 is 0 Å². The number of anilines is 1. The maximum Gasteiger partial charge on any atom is 0.262 e. The molecule has 1 aliphatic heterocycles. The van der Waals surface area contributed by atoms with E-state index in [2.05, 4.69) is 5.32 Å². The zero-order chi connectivity index (χ0) is 19.6. The normalized spacial score (nSPS) is 14.1. The van der Waals surface area contributed by atoms with Crippen LogP contribution in [0.4, 0.5) is 5.69 Å². The number of carbonyl (C=O) groups excluding carboxylic acids is 3. The minimum atomic E-state index is -0.909. The lowest BCUT2D eigenvalue weighted by Crippen LogP contribution is -2.47. The van der Waals surface area contributed by atoms with Crippen LogP contribution in [-0.4, -0.2) is 28.7 Å². The molecule has 0 saturated carbocycles. The van der Waals surface area contributed by atoms with E-state index >= 15 is 0 Å². The average Bonchev–Trinajstić information content (AvgIpc) is 2.91. The van der Waals surface area contributed by atoms with Gasteiger partial charge in [-0.25, -0.2) is 0 Å². The molecule has 0 fully saturated rings. The predicted molar refractivity (Wildman–Crippen MR) is 100.0 cm³/mol. The number of nitriles is 1. The molecule has 6 heteroatoms. The summed E-state index contributed by atoms with van der Waals surface area (Å²) in [5.74, 6) is -1.22. The second-order valence-electron chi connectivity index (χ2n) is 6.85. The lowest BCUT2D eigenvalue weighted by molar-refractivity contribution is -0.120. The van der Waals surface area contributed by atoms with Gasteiger partial charge in [-0.1, -0.05) is 26.0 Å². The molecule has 1 heterocycles. The minimum Gasteiger partial charge on any atom is -0.324 e. The van der Waals surface area contributed by atoms with Gasteiger partial charge in [0, 0.05) is 5.69 Å². The number of nitrogens with zero attached hydrogens (tertiary/aromatic N) is 2. The Balaban J connectivity index is 1.88. The van der Waals surface area contributed by atoms with Gasteiger partial charge in [0.15, 0.2) is 0 Å². The first-order valence-electron chi connectivity index (χ1n) is 8.70. The van der Waals surface area contributed by atoms with Crippen molar-refractivity contribution in [1.29, 1.82) is 5.26 Å². The molecule has 0 saturated heterocycles. The van der Waals surface area contributed by atoms with E-state index in [-0.39, 0.29) is 5.92 Å². The van der Waals surface area contributed by atoms with Crippen molar-refractivity contribution >= 4 is 23.4 Å². The fourth-order valence-corrected chi connectivity index (χ4v) is 3.12. The number of fused-ring (bicyclic) bond motifs is 1. The maximum atomic E-state index is 12.9. The molecular formula is C21H19N3O3. The molecule has 1 atom stereocenters. The molecule has 6 nitrogen and oxygen atoms in total. The molecule has 0 spiro atoms. The highest BCUT2D eigenvalue weighted by molar-refractivity contribution is 6.23. The van der Waals surface area contributed by atoms with Crippen LogP contribution in [0.1, 0.15) is 46.5 Å². The zero-order valence-corrected chi connectivity index (χ0v) is 15.1. The molecule has 0 aliphatic carbocycles. The van der Waals surface area contributed by atoms with Crippen molar-refractivity contribution in [2.75, 3.05) is 5.32 Å². The Morgan fingerprint density at radius 3 is 2.07 bits per heavy atom. The second kappa shape index (κ2) is 7.42. The Bertz CT molecular complexity index is 907. The maximum absolute atomic E-state index is 12.9. The highest BCUT2D eigenvalue weighted by atomic mass is 16.2. The van der Waals surface area contributed by atoms with E-state index in [0.29, 0.717) is 28.8 Å². The van der Waals surface area contributed by atoms with Crippen LogP contribution in [0.2, 0.25) is 0 Å². The molecule has 0 bridgehead atoms. The first-order chi connectivity index (χ1) is 12.9. The highest BCUT2D eigenvalue weighted by Crippen LogP contribution is 2.27. The topological polar surface area (TPSA) is 90.3 Å². The number of benzene rings is 2. The molecule has 136 valence electrons. The van der Waals surface area contributed by atoms with Crippen LogP contribution in [0, 0.1) is 17.2 Å². The van der Waals surface area contributed by atoms with E-state index in [4.69, 9.17) is 5.26 Å². The smallest absolute Gasteiger partial charge is 0.262 e. The third-order valence-electron chi connectivity index (χ3n) is 4.42. The molecule has 3 rings (SSSR count). The summed E-state index contributed by atoms with van der Waals surface area (Å²) >= 11 is 0. The Morgan fingerprint density at radius 1 is 1.04 bits per heavy atom. The average molecular weight is 361 g/mol. The molecule has 0 aromatic heterocycles. The molecule has 1 N–H and O–H groups in total. The monoisotopic (exact) mass is 361 g/mol. The van der Waals surface area contributed by atoms with E-state index < -0.39 is 23.8 Å². The summed E-state index contributed by atoms with van der Waals surface area (Å²) in [5, 5.41) is 11.6. The van der Waals surface area contributed by atoms with Crippen LogP contribution < -0.4 is 5.32 Å². The van der Waals surface area contributed by atoms with Crippen LogP contribution in [-0.2, 0) is 4.79 Å². The summed E-state index contributed by atoms with van der Waals surface area (Å²) in [7, 11) is 0. The van der Waals surface area contributed by atoms with Gasteiger partial charge >= 0.3 is 0 Å². The first kappa shape index (κ1) is 18.3. The Hall–Kier alpha value is -3.46. The fourth-order valence-electron chi connectivity index (χ4n) is 3.12. The summed E-state index contributed by atoms with van der Waals surface area (Å²) < 4.78 is 0. The van der Waals surface area contributed by atoms with Crippen LogP contribution in [0.5, 0.6) is 0 Å². The second-order valence-corrected chi connectivity index (χ2v) is 6.85. The van der Waals surface area contributed by atoms with Crippen molar-refractivity contribution in [2.45, 2.75) is 26.3 Å². The van der Waals surface area contributed by atoms with Gasteiger partial charge in [0.1, 0.15) is 6.04 Å². The molecule has 0 unspecified atom stereocenters. The van der Waals surface area contributed by atoms with Crippen LogP contribution in [0.15, 0.2) is 48.5 Å². The van der Waals surface area contributed by atoms with Crippen molar-refractivity contribution in [2.24, 2.45) is 5.92 Å². The number of rotatable bonds is 5. The standard InChI is InChI=1S/C21H19N3O3/c1-13(2)11-18(19(25)23-15-9-7-14(12-22)8-10-15)24-20(26)16-5-3-4-6-17(16)21(24)27/h3-10,13,18H,11H2,1-2H3,(H,23,25)/t18-/m1/s1. The van der Waals surface area contributed by atoms with Crippen molar-refractivity contribution in [1.82, 2.24) is 4.90 Å². The minimum absolute atomic E-state index is 0.103. The zero-order valence-electron chi connectivity index (χ0n) is 15.1. The molecule has 2 aromatic carbocycles. The first-order valence-corrected chi connectivity index (χ1v) is 8.70. The third-order valence-corrected chi connectivity index (χ3v) is 4.42. The van der Waals surface area contributed by atoms with Crippen molar-refractivity contribution in [3.8, 4) is 6.07 Å². The molecule has 1 aliphatic rings. The van der Waals surface area contributed by atoms with Gasteiger partial charge in [-0.15, -0.1) is 0 Å². The molecule has 0 radical (unpaired) electrons. The van der Waals surface area contributed by atoms with Gasteiger partial charge in [-0.3, -0.25) is 19.3 Å². The van der Waals surface area contributed by atoms with Gasteiger partial charge in [-0.05, 0) is 48.7 Å². The van der Waals surface area contributed by atoms with E-state index in [1.165, 1.54) is 0 Å². The number of imide groups is 1. The summed E-state index contributed by atoms with van der Waals surface area (Å²) in [6.45, 7) is 3.86. The van der Waals surface area contributed by atoms with E-state index in [1.807, 2.05) is 19.9 Å². The van der Waals surface area contributed by atoms with E-state index in [1.54, 1.807) is 48.5 Å². The van der Waals surface area contributed by atoms with Crippen molar-refractivity contribution in [3.63, 3.8) is 0 Å². The number of amides is 3. The lowest BCUT2D eigenvalue weighted by atomic mass is 10.0. The van der Waals surface area contributed by atoms with Crippen LogP contribution in [0.25, 0.3) is 0 Å². The Labute approximate surface area is 157 Å². The summed E-state index contributed by atoms with van der Waals surface area (Å²) in [5.41, 5.74) is 1.63. The number of nitrogens with one attached hydrogen (secondary N) is 1. The van der Waals surface area contributed by atoms with Crippen molar-refractivity contribution < 1.29 is 14.4 Å². The number of carbonyl (C=O) groups is 3. The van der Waals surface area contributed by atoms with Gasteiger partial charge in [0.2, 0.25) is 5.91 Å². The summed E-state index contributed by atoms with van der Waals surface area (Å²) in [6, 6.07) is 14.1. The third kappa shape index (κ3) is 3.58. The predicted octanol–water partition coefficient (Wildman–Crippen LogP) is 3.21. The lowest BCUT2D eigenvalue weighted by Gasteiger charge is -2.26. The highest BCUT2D eigenvalue weighted by Gasteiger charge is 2.42.